The highest BCUT2D eigenvalue weighted by Gasteiger charge is 2.13. The van der Waals surface area contributed by atoms with Crippen LogP contribution < -0.4 is 5.32 Å². The van der Waals surface area contributed by atoms with Gasteiger partial charge in [-0.15, -0.1) is 12.4 Å². The monoisotopic (exact) mass is 265 g/mol. The Morgan fingerprint density at radius 1 is 1.22 bits per heavy atom. The fourth-order valence-electron chi connectivity index (χ4n) is 1.82. The molecule has 3 nitrogen and oxygen atoms in total. The summed E-state index contributed by atoms with van der Waals surface area (Å²) in [5.74, 6) is -0.819. The highest BCUT2D eigenvalue weighted by atomic mass is 35.5. The van der Waals surface area contributed by atoms with Gasteiger partial charge < -0.3 is 10.4 Å². The third-order valence-electron chi connectivity index (χ3n) is 2.80. The number of hydrogen-bond donors (Lipinski definition) is 2. The molecule has 2 aromatic carbocycles. The highest BCUT2D eigenvalue weighted by Crippen LogP contribution is 2.19. The molecule has 2 aromatic rings. The molecule has 0 fully saturated rings. The smallest absolute Gasteiger partial charge is 0.326 e. The van der Waals surface area contributed by atoms with Gasteiger partial charge in [0.15, 0.2) is 0 Å². The summed E-state index contributed by atoms with van der Waals surface area (Å²) in [6.07, 6.45) is 0.558. The zero-order valence-corrected chi connectivity index (χ0v) is 10.9. The number of carboxylic acids is 1. The van der Waals surface area contributed by atoms with Gasteiger partial charge in [-0.2, -0.15) is 0 Å². The second-order valence-electron chi connectivity index (χ2n) is 4.01. The SMILES string of the molecule is CC[C@@H](Nc1ccc2ccccc2c1)C(=O)O.Cl. The first-order valence-corrected chi connectivity index (χ1v) is 5.69. The predicted octanol–water partition coefficient (Wildman–Crippen LogP) is 3.54. The fourth-order valence-corrected chi connectivity index (χ4v) is 1.82. The molecule has 18 heavy (non-hydrogen) atoms. The lowest BCUT2D eigenvalue weighted by molar-refractivity contribution is -0.137. The number of fused-ring (bicyclic) bond motifs is 1. The summed E-state index contributed by atoms with van der Waals surface area (Å²) in [7, 11) is 0. The molecule has 0 bridgehead atoms. The van der Waals surface area contributed by atoms with Gasteiger partial charge in [0, 0.05) is 5.69 Å². The van der Waals surface area contributed by atoms with E-state index in [4.69, 9.17) is 5.11 Å². The first-order chi connectivity index (χ1) is 8.20. The average molecular weight is 266 g/mol. The third kappa shape index (κ3) is 3.14. The van der Waals surface area contributed by atoms with E-state index in [1.807, 2.05) is 49.4 Å². The van der Waals surface area contributed by atoms with Crippen LogP contribution >= 0.6 is 12.4 Å². The van der Waals surface area contributed by atoms with E-state index in [1.165, 1.54) is 0 Å². The van der Waals surface area contributed by atoms with Crippen molar-refractivity contribution in [3.63, 3.8) is 0 Å². The van der Waals surface area contributed by atoms with Crippen LogP contribution in [0.2, 0.25) is 0 Å². The van der Waals surface area contributed by atoms with Crippen LogP contribution in [0, 0.1) is 0 Å². The van der Waals surface area contributed by atoms with Crippen molar-refractivity contribution in [2.75, 3.05) is 5.32 Å². The number of rotatable bonds is 4. The van der Waals surface area contributed by atoms with Gasteiger partial charge in [-0.3, -0.25) is 0 Å². The molecule has 0 heterocycles. The van der Waals surface area contributed by atoms with Gasteiger partial charge in [0.1, 0.15) is 6.04 Å². The summed E-state index contributed by atoms with van der Waals surface area (Å²) in [5.41, 5.74) is 0.845. The molecule has 0 aromatic heterocycles. The Bertz CT molecular complexity index is 542. The van der Waals surface area contributed by atoms with Crippen molar-refractivity contribution >= 4 is 34.8 Å². The molecule has 4 heteroatoms. The van der Waals surface area contributed by atoms with Crippen molar-refractivity contribution in [1.82, 2.24) is 0 Å². The molecule has 0 aliphatic heterocycles. The van der Waals surface area contributed by atoms with E-state index in [-0.39, 0.29) is 12.4 Å². The molecule has 0 spiro atoms. The zero-order valence-electron chi connectivity index (χ0n) is 10.1. The van der Waals surface area contributed by atoms with E-state index in [0.717, 1.165) is 16.5 Å². The van der Waals surface area contributed by atoms with Crippen LogP contribution in [-0.2, 0) is 4.79 Å². The number of benzene rings is 2. The lowest BCUT2D eigenvalue weighted by Gasteiger charge is -2.14. The number of aliphatic carboxylic acids is 1. The van der Waals surface area contributed by atoms with Crippen molar-refractivity contribution in [2.24, 2.45) is 0 Å². The minimum absolute atomic E-state index is 0. The minimum Gasteiger partial charge on any atom is -0.480 e. The second-order valence-corrected chi connectivity index (χ2v) is 4.01. The zero-order chi connectivity index (χ0) is 12.3. The molecule has 2 N–H and O–H groups in total. The van der Waals surface area contributed by atoms with Gasteiger partial charge in [-0.05, 0) is 29.3 Å². The van der Waals surface area contributed by atoms with Crippen LogP contribution in [0.25, 0.3) is 10.8 Å². The van der Waals surface area contributed by atoms with Crippen molar-refractivity contribution in [3.8, 4) is 0 Å². The summed E-state index contributed by atoms with van der Waals surface area (Å²) >= 11 is 0. The third-order valence-corrected chi connectivity index (χ3v) is 2.80. The van der Waals surface area contributed by atoms with E-state index in [2.05, 4.69) is 5.32 Å². The molecule has 0 radical (unpaired) electrons. The largest absolute Gasteiger partial charge is 0.480 e. The Kier molecular flexibility index (Phi) is 4.98. The first-order valence-electron chi connectivity index (χ1n) is 5.69. The van der Waals surface area contributed by atoms with Gasteiger partial charge in [0.05, 0.1) is 0 Å². The van der Waals surface area contributed by atoms with Crippen LogP contribution in [0.15, 0.2) is 42.5 Å². The summed E-state index contributed by atoms with van der Waals surface area (Å²) in [6.45, 7) is 1.85. The van der Waals surface area contributed by atoms with Crippen molar-refractivity contribution in [3.05, 3.63) is 42.5 Å². The summed E-state index contributed by atoms with van der Waals surface area (Å²) < 4.78 is 0. The molecular weight excluding hydrogens is 250 g/mol. The number of nitrogens with one attached hydrogen (secondary N) is 1. The van der Waals surface area contributed by atoms with Gasteiger partial charge in [-0.1, -0.05) is 37.3 Å². The van der Waals surface area contributed by atoms with E-state index in [1.54, 1.807) is 0 Å². The van der Waals surface area contributed by atoms with Crippen LogP contribution in [0.5, 0.6) is 0 Å². The van der Waals surface area contributed by atoms with Crippen molar-refractivity contribution in [1.29, 1.82) is 0 Å². The van der Waals surface area contributed by atoms with Crippen LogP contribution in [0.4, 0.5) is 5.69 Å². The van der Waals surface area contributed by atoms with Crippen LogP contribution in [-0.4, -0.2) is 17.1 Å². The maximum absolute atomic E-state index is 10.9. The number of halogens is 1. The second kappa shape index (κ2) is 6.26. The maximum atomic E-state index is 10.9. The summed E-state index contributed by atoms with van der Waals surface area (Å²) in [6, 6.07) is 13.4. The molecule has 0 amide bonds. The average Bonchev–Trinajstić information content (AvgIpc) is 2.35. The molecule has 0 unspecified atom stereocenters. The van der Waals surface area contributed by atoms with Gasteiger partial charge in [0.2, 0.25) is 0 Å². The lowest BCUT2D eigenvalue weighted by Crippen LogP contribution is -2.28. The van der Waals surface area contributed by atoms with E-state index in [9.17, 15) is 4.79 Å². The van der Waals surface area contributed by atoms with Gasteiger partial charge >= 0.3 is 5.97 Å². The molecule has 0 saturated heterocycles. The fraction of sp³-hybridized carbons (Fsp3) is 0.214. The Balaban J connectivity index is 0.00000162. The minimum atomic E-state index is -0.819. The highest BCUT2D eigenvalue weighted by molar-refractivity contribution is 5.86. The molecule has 2 rings (SSSR count). The predicted molar refractivity (Wildman–Crippen MR) is 76.5 cm³/mol. The summed E-state index contributed by atoms with van der Waals surface area (Å²) in [4.78, 5) is 10.9. The molecule has 96 valence electrons. The van der Waals surface area contributed by atoms with E-state index >= 15 is 0 Å². The number of carbonyl (C=O) groups is 1. The normalized spacial score (nSPS) is 11.6. The van der Waals surface area contributed by atoms with Crippen LogP contribution in [0.3, 0.4) is 0 Å². The number of carboxylic acid groups (broad SMARTS) is 1. The van der Waals surface area contributed by atoms with Crippen molar-refractivity contribution < 1.29 is 9.90 Å². The topological polar surface area (TPSA) is 49.3 Å². The quantitative estimate of drug-likeness (QED) is 0.889. The maximum Gasteiger partial charge on any atom is 0.326 e. The van der Waals surface area contributed by atoms with Gasteiger partial charge in [0.25, 0.3) is 0 Å². The lowest BCUT2D eigenvalue weighted by atomic mass is 10.1. The summed E-state index contributed by atoms with van der Waals surface area (Å²) in [5, 5.41) is 14.3. The first kappa shape index (κ1) is 14.3. The van der Waals surface area contributed by atoms with E-state index in [0.29, 0.717) is 6.42 Å². The Morgan fingerprint density at radius 2 is 1.89 bits per heavy atom. The molecule has 0 saturated carbocycles. The molecule has 0 aliphatic rings. The Hall–Kier alpha value is -1.74. The Morgan fingerprint density at radius 3 is 2.50 bits per heavy atom. The molecule has 1 atom stereocenters. The Labute approximate surface area is 112 Å². The van der Waals surface area contributed by atoms with Crippen LogP contribution in [0.1, 0.15) is 13.3 Å². The van der Waals surface area contributed by atoms with Gasteiger partial charge in [-0.25, -0.2) is 4.79 Å². The van der Waals surface area contributed by atoms with E-state index < -0.39 is 12.0 Å². The molecular formula is C14H16ClNO2. The van der Waals surface area contributed by atoms with Crippen molar-refractivity contribution in [2.45, 2.75) is 19.4 Å². The molecule has 0 aliphatic carbocycles. The standard InChI is InChI=1S/C14H15NO2.ClH/c1-2-13(14(16)17)15-12-8-7-10-5-3-4-6-11(10)9-12;/h3-9,13,15H,2H2,1H3,(H,16,17);1H/t13-;/m1./s1. The number of hydrogen-bond acceptors (Lipinski definition) is 2. The number of anilines is 1.